The van der Waals surface area contributed by atoms with E-state index in [0.717, 1.165) is 0 Å². The lowest BCUT2D eigenvalue weighted by Gasteiger charge is -2.15. The lowest BCUT2D eigenvalue weighted by Crippen LogP contribution is -2.27. The smallest absolute Gasteiger partial charge is 0.406 e. The second-order valence-corrected chi connectivity index (χ2v) is 4.86. The number of aromatic nitrogens is 2. The Kier molecular flexibility index (Phi) is 4.83. The third kappa shape index (κ3) is 4.94. The van der Waals surface area contributed by atoms with E-state index in [0.29, 0.717) is 11.3 Å². The van der Waals surface area contributed by atoms with Crippen molar-refractivity contribution in [3.8, 4) is 5.75 Å². The summed E-state index contributed by atoms with van der Waals surface area (Å²) >= 11 is 0. The number of amides is 1. The van der Waals surface area contributed by atoms with E-state index in [4.69, 9.17) is 0 Å². The Morgan fingerprint density at radius 1 is 1.17 bits per heavy atom. The Hall–Kier alpha value is -2.64. The SMILES string of the molecule is Cc1cnc(C(=O)NC(C)c2ccc(OC(F)(F)F)cc2)cn1. The molecule has 0 saturated heterocycles. The molecule has 0 aliphatic rings. The van der Waals surface area contributed by atoms with Crippen molar-refractivity contribution in [1.82, 2.24) is 15.3 Å². The van der Waals surface area contributed by atoms with Gasteiger partial charge in [0.2, 0.25) is 0 Å². The highest BCUT2D eigenvalue weighted by atomic mass is 19.4. The second-order valence-electron chi connectivity index (χ2n) is 4.86. The normalized spacial score (nSPS) is 12.6. The fraction of sp³-hybridized carbons (Fsp3) is 0.267. The molecule has 0 saturated carbocycles. The zero-order valence-electron chi connectivity index (χ0n) is 12.4. The molecule has 23 heavy (non-hydrogen) atoms. The van der Waals surface area contributed by atoms with Crippen LogP contribution in [0.5, 0.6) is 5.75 Å². The highest BCUT2D eigenvalue weighted by Gasteiger charge is 2.31. The average molecular weight is 325 g/mol. The Morgan fingerprint density at radius 2 is 1.83 bits per heavy atom. The summed E-state index contributed by atoms with van der Waals surface area (Å²) in [5.41, 5.74) is 1.49. The molecule has 1 unspecified atom stereocenters. The van der Waals surface area contributed by atoms with E-state index in [-0.39, 0.29) is 11.4 Å². The van der Waals surface area contributed by atoms with Crippen molar-refractivity contribution in [3.05, 3.63) is 53.6 Å². The standard InChI is InChI=1S/C15H14F3N3O2/c1-9-7-20-13(8-19-9)14(22)21-10(2)11-3-5-12(6-4-11)23-15(16,17)18/h3-8,10H,1-2H3,(H,21,22). The van der Waals surface area contributed by atoms with Crippen LogP contribution in [-0.4, -0.2) is 22.2 Å². The van der Waals surface area contributed by atoms with Crippen molar-refractivity contribution in [3.63, 3.8) is 0 Å². The Labute approximate surface area is 130 Å². The van der Waals surface area contributed by atoms with Gasteiger partial charge in [0.05, 0.1) is 17.9 Å². The van der Waals surface area contributed by atoms with Crippen molar-refractivity contribution in [1.29, 1.82) is 0 Å². The van der Waals surface area contributed by atoms with Gasteiger partial charge >= 0.3 is 6.36 Å². The third-order valence-electron chi connectivity index (χ3n) is 2.97. The number of hydrogen-bond donors (Lipinski definition) is 1. The molecule has 1 heterocycles. The van der Waals surface area contributed by atoms with E-state index in [1.54, 1.807) is 13.8 Å². The van der Waals surface area contributed by atoms with Crippen molar-refractivity contribution >= 4 is 5.91 Å². The molecule has 1 N–H and O–H groups in total. The Bertz CT molecular complexity index is 670. The van der Waals surface area contributed by atoms with Gasteiger partial charge in [0, 0.05) is 6.20 Å². The first-order valence-electron chi connectivity index (χ1n) is 6.70. The molecule has 1 aromatic heterocycles. The topological polar surface area (TPSA) is 64.1 Å². The summed E-state index contributed by atoms with van der Waals surface area (Å²) in [6.07, 6.45) is -1.90. The van der Waals surface area contributed by atoms with Gasteiger partial charge in [-0.2, -0.15) is 0 Å². The number of aryl methyl sites for hydroxylation is 1. The molecule has 122 valence electrons. The number of hydrogen-bond acceptors (Lipinski definition) is 4. The predicted octanol–water partition coefficient (Wildman–Crippen LogP) is 3.17. The summed E-state index contributed by atoms with van der Waals surface area (Å²) in [5, 5.41) is 2.70. The maximum Gasteiger partial charge on any atom is 0.573 e. The quantitative estimate of drug-likeness (QED) is 0.938. The van der Waals surface area contributed by atoms with Gasteiger partial charge < -0.3 is 10.1 Å². The zero-order valence-corrected chi connectivity index (χ0v) is 12.4. The van der Waals surface area contributed by atoms with Gasteiger partial charge in [-0.25, -0.2) is 4.98 Å². The number of ether oxygens (including phenoxy) is 1. The molecule has 5 nitrogen and oxygen atoms in total. The van der Waals surface area contributed by atoms with E-state index < -0.39 is 18.3 Å². The molecule has 8 heteroatoms. The van der Waals surface area contributed by atoms with Crippen LogP contribution in [0.15, 0.2) is 36.7 Å². The number of alkyl halides is 3. The summed E-state index contributed by atoms with van der Waals surface area (Å²) in [5.74, 6) is -0.732. The summed E-state index contributed by atoms with van der Waals surface area (Å²) < 4.78 is 40.1. The summed E-state index contributed by atoms with van der Waals surface area (Å²) in [6.45, 7) is 3.46. The highest BCUT2D eigenvalue weighted by Crippen LogP contribution is 2.24. The van der Waals surface area contributed by atoms with Crippen LogP contribution in [-0.2, 0) is 0 Å². The van der Waals surface area contributed by atoms with Crippen molar-refractivity contribution in [2.45, 2.75) is 26.3 Å². The molecule has 1 aromatic carbocycles. The summed E-state index contributed by atoms with van der Waals surface area (Å²) in [7, 11) is 0. The number of benzene rings is 1. The van der Waals surface area contributed by atoms with Crippen LogP contribution < -0.4 is 10.1 Å². The molecule has 1 atom stereocenters. The summed E-state index contributed by atoms with van der Waals surface area (Å²) in [4.78, 5) is 19.9. The number of nitrogens with one attached hydrogen (secondary N) is 1. The molecule has 0 bridgehead atoms. The molecule has 2 aromatic rings. The van der Waals surface area contributed by atoms with Gasteiger partial charge in [-0.3, -0.25) is 9.78 Å². The molecule has 0 aliphatic carbocycles. The van der Waals surface area contributed by atoms with Crippen molar-refractivity contribution in [2.24, 2.45) is 0 Å². The predicted molar refractivity (Wildman–Crippen MR) is 75.8 cm³/mol. The molecule has 0 aliphatic heterocycles. The van der Waals surface area contributed by atoms with E-state index in [1.807, 2.05) is 0 Å². The maximum absolute atomic E-state index is 12.1. The number of nitrogens with zero attached hydrogens (tertiary/aromatic N) is 2. The minimum Gasteiger partial charge on any atom is -0.406 e. The monoisotopic (exact) mass is 325 g/mol. The molecular weight excluding hydrogens is 311 g/mol. The largest absolute Gasteiger partial charge is 0.573 e. The second kappa shape index (κ2) is 6.64. The van der Waals surface area contributed by atoms with E-state index >= 15 is 0 Å². The van der Waals surface area contributed by atoms with Gasteiger partial charge in [0.25, 0.3) is 5.91 Å². The third-order valence-corrected chi connectivity index (χ3v) is 2.97. The van der Waals surface area contributed by atoms with E-state index in [1.165, 1.54) is 36.7 Å². The van der Waals surface area contributed by atoms with Crippen LogP contribution in [0.25, 0.3) is 0 Å². The van der Waals surface area contributed by atoms with Crippen LogP contribution in [0.1, 0.15) is 34.7 Å². The number of halogens is 3. The molecule has 2 rings (SSSR count). The maximum atomic E-state index is 12.1. The van der Waals surface area contributed by atoms with Crippen molar-refractivity contribution < 1.29 is 22.7 Å². The van der Waals surface area contributed by atoms with E-state index in [2.05, 4.69) is 20.0 Å². The van der Waals surface area contributed by atoms with Gasteiger partial charge in [-0.05, 0) is 31.5 Å². The number of carbonyl (C=O) groups excluding carboxylic acids is 1. The number of rotatable bonds is 4. The fourth-order valence-electron chi connectivity index (χ4n) is 1.82. The van der Waals surface area contributed by atoms with Crippen molar-refractivity contribution in [2.75, 3.05) is 0 Å². The molecule has 0 spiro atoms. The van der Waals surface area contributed by atoms with Gasteiger partial charge in [-0.15, -0.1) is 13.2 Å². The minimum atomic E-state index is -4.73. The first-order valence-corrected chi connectivity index (χ1v) is 6.70. The first-order chi connectivity index (χ1) is 10.7. The Balaban J connectivity index is 2.01. The number of carbonyl (C=O) groups is 1. The lowest BCUT2D eigenvalue weighted by atomic mass is 10.1. The Morgan fingerprint density at radius 3 is 2.35 bits per heavy atom. The molecular formula is C15H14F3N3O2. The van der Waals surface area contributed by atoms with Crippen LogP contribution in [0.4, 0.5) is 13.2 Å². The van der Waals surface area contributed by atoms with Crippen LogP contribution in [0, 0.1) is 6.92 Å². The van der Waals surface area contributed by atoms with Gasteiger partial charge in [0.1, 0.15) is 11.4 Å². The lowest BCUT2D eigenvalue weighted by molar-refractivity contribution is -0.274. The fourth-order valence-corrected chi connectivity index (χ4v) is 1.82. The van der Waals surface area contributed by atoms with Crippen LogP contribution in [0.3, 0.4) is 0 Å². The highest BCUT2D eigenvalue weighted by molar-refractivity contribution is 5.92. The minimum absolute atomic E-state index is 0.166. The average Bonchev–Trinajstić information content (AvgIpc) is 2.46. The zero-order chi connectivity index (χ0) is 17.0. The van der Waals surface area contributed by atoms with Crippen LogP contribution >= 0.6 is 0 Å². The summed E-state index contributed by atoms with van der Waals surface area (Å²) in [6, 6.07) is 4.87. The molecule has 0 fully saturated rings. The first kappa shape index (κ1) is 16.7. The van der Waals surface area contributed by atoms with E-state index in [9.17, 15) is 18.0 Å². The van der Waals surface area contributed by atoms with Gasteiger partial charge in [0.15, 0.2) is 0 Å². The molecule has 0 radical (unpaired) electrons. The molecule has 1 amide bonds. The van der Waals surface area contributed by atoms with Crippen LogP contribution in [0.2, 0.25) is 0 Å². The van der Waals surface area contributed by atoms with Gasteiger partial charge in [-0.1, -0.05) is 12.1 Å².